The van der Waals surface area contributed by atoms with E-state index in [9.17, 15) is 9.59 Å². The molecule has 1 aromatic rings. The maximum atomic E-state index is 11.8. The smallest absolute Gasteiger partial charge is 0.260 e. The van der Waals surface area contributed by atoms with Gasteiger partial charge in [0.25, 0.3) is 5.91 Å². The van der Waals surface area contributed by atoms with Crippen LogP contribution >= 0.6 is 0 Å². The number of primary amides is 1. The molecule has 0 radical (unpaired) electrons. The Morgan fingerprint density at radius 3 is 2.53 bits per heavy atom. The van der Waals surface area contributed by atoms with Gasteiger partial charge in [0, 0.05) is 24.7 Å². The first-order valence-corrected chi connectivity index (χ1v) is 6.12. The van der Waals surface area contributed by atoms with E-state index in [-0.39, 0.29) is 18.6 Å². The van der Waals surface area contributed by atoms with Crippen molar-refractivity contribution in [3.63, 3.8) is 0 Å². The van der Waals surface area contributed by atoms with E-state index in [0.717, 1.165) is 6.42 Å². The SMILES string of the molecule is NC(=O)c1ccc(OCC(=O)N2CC[C@@H](N)C2)cc1. The molecular formula is C13H17N3O3. The fourth-order valence-corrected chi connectivity index (χ4v) is 1.97. The van der Waals surface area contributed by atoms with E-state index in [1.54, 1.807) is 29.2 Å². The van der Waals surface area contributed by atoms with Gasteiger partial charge in [0.15, 0.2) is 6.61 Å². The number of ether oxygens (including phenoxy) is 1. The van der Waals surface area contributed by atoms with Gasteiger partial charge in [0.05, 0.1) is 0 Å². The lowest BCUT2D eigenvalue weighted by atomic mass is 10.2. The Labute approximate surface area is 111 Å². The molecular weight excluding hydrogens is 246 g/mol. The van der Waals surface area contributed by atoms with Crippen molar-refractivity contribution in [2.24, 2.45) is 11.5 Å². The molecule has 19 heavy (non-hydrogen) atoms. The Bertz CT molecular complexity index is 473. The number of benzene rings is 1. The second kappa shape index (κ2) is 5.71. The minimum Gasteiger partial charge on any atom is -0.484 e. The third-order valence-electron chi connectivity index (χ3n) is 3.08. The first-order chi connectivity index (χ1) is 9.06. The van der Waals surface area contributed by atoms with Crippen LogP contribution < -0.4 is 16.2 Å². The van der Waals surface area contributed by atoms with Crippen molar-refractivity contribution in [3.8, 4) is 5.75 Å². The molecule has 1 heterocycles. The van der Waals surface area contributed by atoms with Gasteiger partial charge in [-0.05, 0) is 30.7 Å². The van der Waals surface area contributed by atoms with Crippen molar-refractivity contribution < 1.29 is 14.3 Å². The van der Waals surface area contributed by atoms with Gasteiger partial charge in [-0.2, -0.15) is 0 Å². The molecule has 1 fully saturated rings. The van der Waals surface area contributed by atoms with E-state index in [2.05, 4.69) is 0 Å². The number of likely N-dealkylation sites (tertiary alicyclic amines) is 1. The quantitative estimate of drug-likeness (QED) is 0.780. The molecule has 0 bridgehead atoms. The van der Waals surface area contributed by atoms with Gasteiger partial charge >= 0.3 is 0 Å². The number of hydrogen-bond donors (Lipinski definition) is 2. The van der Waals surface area contributed by atoms with Gasteiger partial charge in [-0.25, -0.2) is 0 Å². The van der Waals surface area contributed by atoms with Gasteiger partial charge < -0.3 is 21.1 Å². The van der Waals surface area contributed by atoms with E-state index in [0.29, 0.717) is 24.4 Å². The zero-order chi connectivity index (χ0) is 13.8. The van der Waals surface area contributed by atoms with Crippen LogP contribution in [0.5, 0.6) is 5.75 Å². The predicted molar refractivity (Wildman–Crippen MR) is 69.6 cm³/mol. The van der Waals surface area contributed by atoms with Gasteiger partial charge in [-0.3, -0.25) is 9.59 Å². The summed E-state index contributed by atoms with van der Waals surface area (Å²) in [6.45, 7) is 1.25. The van der Waals surface area contributed by atoms with E-state index in [1.165, 1.54) is 0 Å². The summed E-state index contributed by atoms with van der Waals surface area (Å²) in [6, 6.07) is 6.42. The topological polar surface area (TPSA) is 98.7 Å². The van der Waals surface area contributed by atoms with Crippen molar-refractivity contribution in [2.45, 2.75) is 12.5 Å². The largest absolute Gasteiger partial charge is 0.484 e. The normalized spacial score (nSPS) is 18.4. The zero-order valence-electron chi connectivity index (χ0n) is 10.5. The molecule has 0 aromatic heterocycles. The first kappa shape index (κ1) is 13.4. The van der Waals surface area contributed by atoms with Crippen molar-refractivity contribution in [2.75, 3.05) is 19.7 Å². The second-order valence-corrected chi connectivity index (χ2v) is 4.57. The molecule has 0 saturated carbocycles. The zero-order valence-corrected chi connectivity index (χ0v) is 10.5. The summed E-state index contributed by atoms with van der Waals surface area (Å²) in [5.74, 6) is -0.0394. The number of carbonyl (C=O) groups is 2. The number of nitrogens with zero attached hydrogens (tertiary/aromatic N) is 1. The molecule has 102 valence electrons. The highest BCUT2D eigenvalue weighted by Gasteiger charge is 2.23. The Morgan fingerprint density at radius 1 is 1.32 bits per heavy atom. The molecule has 2 rings (SSSR count). The highest BCUT2D eigenvalue weighted by molar-refractivity contribution is 5.92. The lowest BCUT2D eigenvalue weighted by Crippen LogP contribution is -2.35. The van der Waals surface area contributed by atoms with Crippen molar-refractivity contribution in [3.05, 3.63) is 29.8 Å². The van der Waals surface area contributed by atoms with Gasteiger partial charge in [0.1, 0.15) is 5.75 Å². The Kier molecular flexibility index (Phi) is 4.01. The van der Waals surface area contributed by atoms with Crippen LogP contribution in [0, 0.1) is 0 Å². The molecule has 1 saturated heterocycles. The van der Waals surface area contributed by atoms with Gasteiger partial charge in [-0.15, -0.1) is 0 Å². The van der Waals surface area contributed by atoms with Crippen molar-refractivity contribution in [1.29, 1.82) is 0 Å². The predicted octanol–water partition coefficient (Wildman–Crippen LogP) is -0.276. The van der Waals surface area contributed by atoms with Gasteiger partial charge in [-0.1, -0.05) is 0 Å². The lowest BCUT2D eigenvalue weighted by molar-refractivity contribution is -0.132. The average Bonchev–Trinajstić information content (AvgIpc) is 2.83. The molecule has 6 nitrogen and oxygen atoms in total. The molecule has 1 aliphatic heterocycles. The molecule has 0 aliphatic carbocycles. The van der Waals surface area contributed by atoms with Crippen LogP contribution in [0.25, 0.3) is 0 Å². The number of rotatable bonds is 4. The second-order valence-electron chi connectivity index (χ2n) is 4.57. The fourth-order valence-electron chi connectivity index (χ4n) is 1.97. The van der Waals surface area contributed by atoms with Crippen molar-refractivity contribution in [1.82, 2.24) is 4.90 Å². The average molecular weight is 263 g/mol. The summed E-state index contributed by atoms with van der Waals surface area (Å²) < 4.78 is 5.37. The Hall–Kier alpha value is -2.08. The highest BCUT2D eigenvalue weighted by atomic mass is 16.5. The maximum Gasteiger partial charge on any atom is 0.260 e. The standard InChI is InChI=1S/C13H17N3O3/c14-10-5-6-16(7-10)12(17)8-19-11-3-1-9(2-4-11)13(15)18/h1-4,10H,5-8,14H2,(H2,15,18)/t10-/m1/s1. The van der Waals surface area contributed by atoms with E-state index in [4.69, 9.17) is 16.2 Å². The van der Waals surface area contributed by atoms with E-state index < -0.39 is 5.91 Å². The lowest BCUT2D eigenvalue weighted by Gasteiger charge is -2.16. The van der Waals surface area contributed by atoms with Gasteiger partial charge in [0.2, 0.25) is 5.91 Å². The summed E-state index contributed by atoms with van der Waals surface area (Å²) >= 11 is 0. The molecule has 1 aliphatic rings. The van der Waals surface area contributed by atoms with E-state index >= 15 is 0 Å². The van der Waals surface area contributed by atoms with Crippen LogP contribution in [0.15, 0.2) is 24.3 Å². The summed E-state index contributed by atoms with van der Waals surface area (Å²) in [7, 11) is 0. The van der Waals surface area contributed by atoms with Crippen LogP contribution in [-0.4, -0.2) is 42.5 Å². The Balaban J connectivity index is 1.85. The van der Waals surface area contributed by atoms with Crippen LogP contribution in [0.4, 0.5) is 0 Å². The third-order valence-corrected chi connectivity index (χ3v) is 3.08. The summed E-state index contributed by atoms with van der Waals surface area (Å²) in [5.41, 5.74) is 11.3. The molecule has 1 atom stereocenters. The molecule has 0 spiro atoms. The Morgan fingerprint density at radius 2 is 2.00 bits per heavy atom. The number of amides is 2. The molecule has 0 unspecified atom stereocenters. The van der Waals surface area contributed by atoms with Crippen molar-refractivity contribution >= 4 is 11.8 Å². The van der Waals surface area contributed by atoms with Crippen LogP contribution in [-0.2, 0) is 4.79 Å². The van der Waals surface area contributed by atoms with Crippen LogP contribution in [0.1, 0.15) is 16.8 Å². The van der Waals surface area contributed by atoms with Crippen LogP contribution in [0.3, 0.4) is 0 Å². The number of hydrogen-bond acceptors (Lipinski definition) is 4. The molecule has 1 aromatic carbocycles. The molecule has 4 N–H and O–H groups in total. The summed E-state index contributed by atoms with van der Waals surface area (Å²) in [6.07, 6.45) is 0.832. The maximum absolute atomic E-state index is 11.8. The molecule has 2 amide bonds. The fraction of sp³-hybridized carbons (Fsp3) is 0.385. The monoisotopic (exact) mass is 263 g/mol. The summed E-state index contributed by atoms with van der Waals surface area (Å²) in [4.78, 5) is 24.4. The first-order valence-electron chi connectivity index (χ1n) is 6.12. The minimum absolute atomic E-state index is 0.0252. The number of carbonyl (C=O) groups excluding carboxylic acids is 2. The molecule has 6 heteroatoms. The van der Waals surface area contributed by atoms with E-state index in [1.807, 2.05) is 0 Å². The number of nitrogens with two attached hydrogens (primary N) is 2. The summed E-state index contributed by atoms with van der Waals surface area (Å²) in [5, 5.41) is 0. The highest BCUT2D eigenvalue weighted by Crippen LogP contribution is 2.13. The third kappa shape index (κ3) is 3.45. The van der Waals surface area contributed by atoms with Crippen LogP contribution in [0.2, 0.25) is 0 Å². The minimum atomic E-state index is -0.492.